The van der Waals surface area contributed by atoms with Crippen LogP contribution in [0.5, 0.6) is 0 Å². The van der Waals surface area contributed by atoms with Gasteiger partial charge in [0.2, 0.25) is 0 Å². The van der Waals surface area contributed by atoms with Gasteiger partial charge >= 0.3 is 0 Å². The predicted molar refractivity (Wildman–Crippen MR) is 67.9 cm³/mol. The van der Waals surface area contributed by atoms with Crippen molar-refractivity contribution in [1.82, 2.24) is 14.9 Å². The first kappa shape index (κ1) is 14.3. The minimum absolute atomic E-state index is 0.156. The fourth-order valence-corrected chi connectivity index (χ4v) is 1.24. The lowest BCUT2D eigenvalue weighted by Crippen LogP contribution is -2.31. The molecule has 18 heavy (non-hydrogen) atoms. The molecule has 0 radical (unpaired) electrons. The van der Waals surface area contributed by atoms with Crippen LogP contribution in [-0.2, 0) is 4.74 Å². The van der Waals surface area contributed by atoms with Crippen LogP contribution in [0.4, 0.5) is 5.82 Å². The number of carbonyl (C=O) groups excluding carboxylic acids is 1. The molecule has 100 valence electrons. The molecule has 3 N–H and O–H groups in total. The van der Waals surface area contributed by atoms with E-state index < -0.39 is 0 Å². The predicted octanol–water partition coefficient (Wildman–Crippen LogP) is 0.259. The van der Waals surface area contributed by atoms with Crippen molar-refractivity contribution < 1.29 is 9.53 Å². The number of aromatic nitrogens is 2. The SMILES string of the molecule is CC(C)OCCN(C)C(=O)c1cnc(NN)cn1. The lowest BCUT2D eigenvalue weighted by atomic mass is 10.4. The maximum absolute atomic E-state index is 11.9. The molecule has 1 aromatic heterocycles. The minimum Gasteiger partial charge on any atom is -0.377 e. The second-order valence-corrected chi connectivity index (χ2v) is 4.08. The highest BCUT2D eigenvalue weighted by molar-refractivity contribution is 5.91. The third-order valence-electron chi connectivity index (χ3n) is 2.24. The van der Waals surface area contributed by atoms with E-state index in [0.29, 0.717) is 19.0 Å². The van der Waals surface area contributed by atoms with E-state index in [0.717, 1.165) is 0 Å². The molecule has 0 fully saturated rings. The van der Waals surface area contributed by atoms with E-state index in [9.17, 15) is 4.79 Å². The molecule has 0 saturated carbocycles. The zero-order valence-corrected chi connectivity index (χ0v) is 10.9. The van der Waals surface area contributed by atoms with Crippen LogP contribution in [0.1, 0.15) is 24.3 Å². The molecule has 0 aliphatic heterocycles. The zero-order valence-electron chi connectivity index (χ0n) is 10.9. The van der Waals surface area contributed by atoms with Crippen molar-refractivity contribution in [2.75, 3.05) is 25.6 Å². The van der Waals surface area contributed by atoms with Gasteiger partial charge in [-0.15, -0.1) is 0 Å². The number of nitrogens with zero attached hydrogens (tertiary/aromatic N) is 3. The summed E-state index contributed by atoms with van der Waals surface area (Å²) >= 11 is 0. The maximum atomic E-state index is 11.9. The Morgan fingerprint density at radius 3 is 2.72 bits per heavy atom. The van der Waals surface area contributed by atoms with E-state index in [2.05, 4.69) is 15.4 Å². The van der Waals surface area contributed by atoms with Crippen molar-refractivity contribution in [1.29, 1.82) is 0 Å². The third kappa shape index (κ3) is 4.27. The average Bonchev–Trinajstić information content (AvgIpc) is 2.37. The number of ether oxygens (including phenoxy) is 1. The molecule has 0 aliphatic carbocycles. The van der Waals surface area contributed by atoms with Crippen LogP contribution in [0.3, 0.4) is 0 Å². The number of likely N-dealkylation sites (N-methyl/N-ethyl adjacent to an activating group) is 1. The Hall–Kier alpha value is -1.73. The fourth-order valence-electron chi connectivity index (χ4n) is 1.24. The van der Waals surface area contributed by atoms with Crippen LogP contribution in [0.25, 0.3) is 0 Å². The van der Waals surface area contributed by atoms with E-state index in [1.807, 2.05) is 13.8 Å². The van der Waals surface area contributed by atoms with Crippen molar-refractivity contribution in [2.45, 2.75) is 20.0 Å². The summed E-state index contributed by atoms with van der Waals surface area (Å²) in [4.78, 5) is 21.4. The number of nitrogens with two attached hydrogens (primary N) is 1. The Kier molecular flexibility index (Phi) is 5.47. The second kappa shape index (κ2) is 6.87. The van der Waals surface area contributed by atoms with Gasteiger partial charge in [0.05, 0.1) is 25.1 Å². The highest BCUT2D eigenvalue weighted by Gasteiger charge is 2.13. The quantitative estimate of drug-likeness (QED) is 0.558. The summed E-state index contributed by atoms with van der Waals surface area (Å²) in [7, 11) is 1.70. The first-order chi connectivity index (χ1) is 8.54. The van der Waals surface area contributed by atoms with E-state index in [-0.39, 0.29) is 17.7 Å². The normalized spacial score (nSPS) is 10.5. The number of nitrogens with one attached hydrogen (secondary N) is 1. The number of amides is 1. The van der Waals surface area contributed by atoms with Gasteiger partial charge in [-0.25, -0.2) is 15.8 Å². The topological polar surface area (TPSA) is 93.4 Å². The highest BCUT2D eigenvalue weighted by Crippen LogP contribution is 2.02. The molecule has 0 saturated heterocycles. The van der Waals surface area contributed by atoms with Crippen molar-refractivity contribution in [3.8, 4) is 0 Å². The van der Waals surface area contributed by atoms with Gasteiger partial charge in [0.1, 0.15) is 5.69 Å². The van der Waals surface area contributed by atoms with E-state index in [1.165, 1.54) is 12.4 Å². The number of carbonyl (C=O) groups is 1. The molecular weight excluding hydrogens is 234 g/mol. The Bertz CT molecular complexity index is 380. The van der Waals surface area contributed by atoms with Crippen molar-refractivity contribution >= 4 is 11.7 Å². The van der Waals surface area contributed by atoms with Gasteiger partial charge in [-0.1, -0.05) is 0 Å². The maximum Gasteiger partial charge on any atom is 0.273 e. The summed E-state index contributed by atoms with van der Waals surface area (Å²) in [6, 6.07) is 0. The van der Waals surface area contributed by atoms with Crippen molar-refractivity contribution in [3.63, 3.8) is 0 Å². The van der Waals surface area contributed by atoms with Crippen LogP contribution >= 0.6 is 0 Å². The Morgan fingerprint density at radius 1 is 1.50 bits per heavy atom. The van der Waals surface area contributed by atoms with Crippen LogP contribution in [0.15, 0.2) is 12.4 Å². The molecule has 7 nitrogen and oxygen atoms in total. The summed E-state index contributed by atoms with van der Waals surface area (Å²) in [5.74, 6) is 5.38. The van der Waals surface area contributed by atoms with Crippen molar-refractivity contribution in [2.24, 2.45) is 5.84 Å². The standard InChI is InChI=1S/C11H19N5O2/c1-8(2)18-5-4-16(3)11(17)9-6-14-10(15-12)7-13-9/h6-8H,4-5,12H2,1-3H3,(H,14,15). The summed E-state index contributed by atoms with van der Waals surface area (Å²) in [5, 5.41) is 0. The highest BCUT2D eigenvalue weighted by atomic mass is 16.5. The minimum atomic E-state index is -0.196. The van der Waals surface area contributed by atoms with Gasteiger partial charge in [-0.3, -0.25) is 4.79 Å². The van der Waals surface area contributed by atoms with E-state index in [1.54, 1.807) is 11.9 Å². The van der Waals surface area contributed by atoms with Crippen LogP contribution in [0.2, 0.25) is 0 Å². The first-order valence-electron chi connectivity index (χ1n) is 5.70. The molecule has 1 aromatic rings. The molecule has 0 aliphatic rings. The Labute approximate surface area is 106 Å². The number of nitrogen functional groups attached to an aromatic ring is 1. The third-order valence-corrected chi connectivity index (χ3v) is 2.24. The van der Waals surface area contributed by atoms with Gasteiger partial charge in [-0.2, -0.15) is 0 Å². The summed E-state index contributed by atoms with van der Waals surface area (Å²) in [6.07, 6.45) is 2.95. The van der Waals surface area contributed by atoms with Gasteiger partial charge in [0.15, 0.2) is 5.82 Å². The number of anilines is 1. The first-order valence-corrected chi connectivity index (χ1v) is 5.70. The van der Waals surface area contributed by atoms with Gasteiger partial charge < -0.3 is 15.1 Å². The molecular formula is C11H19N5O2. The Morgan fingerprint density at radius 2 is 2.22 bits per heavy atom. The van der Waals surface area contributed by atoms with Crippen LogP contribution in [-0.4, -0.2) is 47.1 Å². The fraction of sp³-hybridized carbons (Fsp3) is 0.545. The molecule has 0 spiro atoms. The Balaban J connectivity index is 2.51. The number of rotatable bonds is 6. The molecule has 1 rings (SSSR count). The van der Waals surface area contributed by atoms with E-state index in [4.69, 9.17) is 10.6 Å². The smallest absolute Gasteiger partial charge is 0.273 e. The van der Waals surface area contributed by atoms with Gasteiger partial charge in [0.25, 0.3) is 5.91 Å². The van der Waals surface area contributed by atoms with Crippen molar-refractivity contribution in [3.05, 3.63) is 18.1 Å². The number of hydrogen-bond donors (Lipinski definition) is 2. The summed E-state index contributed by atoms with van der Waals surface area (Å²) < 4.78 is 5.38. The molecule has 0 atom stereocenters. The molecule has 0 aromatic carbocycles. The van der Waals surface area contributed by atoms with Gasteiger partial charge in [-0.05, 0) is 13.8 Å². The summed E-state index contributed by atoms with van der Waals surface area (Å²) in [6.45, 7) is 4.91. The average molecular weight is 253 g/mol. The van der Waals surface area contributed by atoms with E-state index >= 15 is 0 Å². The molecule has 7 heteroatoms. The second-order valence-electron chi connectivity index (χ2n) is 4.08. The molecule has 0 unspecified atom stereocenters. The lowest BCUT2D eigenvalue weighted by Gasteiger charge is -2.17. The monoisotopic (exact) mass is 253 g/mol. The molecule has 1 heterocycles. The van der Waals surface area contributed by atoms with Gasteiger partial charge in [0, 0.05) is 13.6 Å². The molecule has 1 amide bonds. The largest absolute Gasteiger partial charge is 0.377 e. The van der Waals surface area contributed by atoms with Crippen LogP contribution in [0, 0.1) is 0 Å². The number of hydrogen-bond acceptors (Lipinski definition) is 6. The number of hydrazine groups is 1. The lowest BCUT2D eigenvalue weighted by molar-refractivity contribution is 0.0529. The zero-order chi connectivity index (χ0) is 13.5. The molecule has 0 bridgehead atoms. The van der Waals surface area contributed by atoms with Crippen LogP contribution < -0.4 is 11.3 Å². The summed E-state index contributed by atoms with van der Waals surface area (Å²) in [5.41, 5.74) is 2.63.